The topological polar surface area (TPSA) is 57.4 Å². The Balaban J connectivity index is 1.43. The zero-order chi connectivity index (χ0) is 20.3. The average molecular weight is 393 g/mol. The fraction of sp³-hybridized carbons (Fsp3) is 0.154. The van der Waals surface area contributed by atoms with Crippen molar-refractivity contribution in [2.75, 3.05) is 0 Å². The van der Waals surface area contributed by atoms with Crippen molar-refractivity contribution < 1.29 is 0 Å². The summed E-state index contributed by atoms with van der Waals surface area (Å²) in [4.78, 5) is 8.20. The molecule has 0 spiro atoms. The summed E-state index contributed by atoms with van der Waals surface area (Å²) in [6, 6.07) is 23.2. The number of para-hydroxylation sites is 1. The molecule has 0 radical (unpaired) electrons. The van der Waals surface area contributed by atoms with Crippen LogP contribution in [0.15, 0.2) is 72.8 Å². The number of hydrogen-bond acceptors (Lipinski definition) is 2. The molecule has 4 nitrogen and oxygen atoms in total. The minimum Gasteiger partial charge on any atom is -0.337 e. The molecule has 0 saturated heterocycles. The number of unbranched alkanes of at least 4 members (excludes halogenated alkanes) is 2. The Kier molecular flexibility index (Phi) is 4.89. The van der Waals surface area contributed by atoms with Crippen molar-refractivity contribution in [2.45, 2.75) is 26.2 Å². The zero-order valence-corrected chi connectivity index (χ0v) is 17.0. The second-order valence-electron chi connectivity index (χ2n) is 7.60. The Morgan fingerprint density at radius 2 is 1.73 bits per heavy atom. The number of aromatic nitrogens is 4. The molecule has 2 aromatic heterocycles. The molecule has 3 aromatic carbocycles. The van der Waals surface area contributed by atoms with Crippen LogP contribution in [0.5, 0.6) is 0 Å². The van der Waals surface area contributed by atoms with Crippen LogP contribution in [0.3, 0.4) is 0 Å². The standard InChI is InChI=1S/C26H24N4/c1-2-3-4-5-8-18-11-13-19(14-12-18)20-15-16-23-24(17-20)28-26(27-23)25-21-9-6-7-10-22(21)29-30-25/h5-17H,2-4H2,1H3,(H,27,28)(H,29,30). The van der Waals surface area contributed by atoms with Crippen LogP contribution in [0.25, 0.3) is 50.7 Å². The van der Waals surface area contributed by atoms with E-state index in [9.17, 15) is 0 Å². The number of aromatic amines is 2. The highest BCUT2D eigenvalue weighted by Gasteiger charge is 2.12. The van der Waals surface area contributed by atoms with E-state index >= 15 is 0 Å². The van der Waals surface area contributed by atoms with Crippen molar-refractivity contribution in [3.8, 4) is 22.6 Å². The van der Waals surface area contributed by atoms with Gasteiger partial charge in [-0.25, -0.2) is 4.98 Å². The maximum Gasteiger partial charge on any atom is 0.159 e. The molecule has 0 aliphatic heterocycles. The molecule has 0 amide bonds. The molecule has 0 atom stereocenters. The van der Waals surface area contributed by atoms with Gasteiger partial charge in [0.1, 0.15) is 5.69 Å². The quantitative estimate of drug-likeness (QED) is 0.306. The average Bonchev–Trinajstić information content (AvgIpc) is 3.40. The van der Waals surface area contributed by atoms with Gasteiger partial charge in [0.05, 0.1) is 16.6 Å². The number of H-pyrrole nitrogens is 2. The van der Waals surface area contributed by atoms with Crippen LogP contribution in [0.4, 0.5) is 0 Å². The Bertz CT molecular complexity index is 1320. The fourth-order valence-corrected chi connectivity index (χ4v) is 3.77. The normalized spacial score (nSPS) is 11.8. The van der Waals surface area contributed by atoms with Crippen molar-refractivity contribution in [1.29, 1.82) is 0 Å². The monoisotopic (exact) mass is 392 g/mol. The molecule has 30 heavy (non-hydrogen) atoms. The summed E-state index contributed by atoms with van der Waals surface area (Å²) >= 11 is 0. The van der Waals surface area contributed by atoms with Crippen LogP contribution < -0.4 is 0 Å². The Morgan fingerprint density at radius 1 is 0.900 bits per heavy atom. The van der Waals surface area contributed by atoms with E-state index in [1.807, 2.05) is 18.2 Å². The number of hydrogen-bond donors (Lipinski definition) is 2. The van der Waals surface area contributed by atoms with Gasteiger partial charge in [0.2, 0.25) is 0 Å². The van der Waals surface area contributed by atoms with Crippen LogP contribution in [-0.4, -0.2) is 20.2 Å². The predicted molar refractivity (Wildman–Crippen MR) is 125 cm³/mol. The van der Waals surface area contributed by atoms with Gasteiger partial charge in [0.25, 0.3) is 0 Å². The highest BCUT2D eigenvalue weighted by atomic mass is 15.1. The van der Waals surface area contributed by atoms with Gasteiger partial charge in [0, 0.05) is 5.39 Å². The van der Waals surface area contributed by atoms with E-state index < -0.39 is 0 Å². The molecule has 148 valence electrons. The molecular formula is C26H24N4. The number of fused-ring (bicyclic) bond motifs is 2. The van der Waals surface area contributed by atoms with Gasteiger partial charge >= 0.3 is 0 Å². The fourth-order valence-electron chi connectivity index (χ4n) is 3.77. The maximum atomic E-state index is 4.76. The SMILES string of the molecule is CCCCC=Cc1ccc(-c2ccc3nc(-c4n[nH]c5ccccc45)[nH]c3c2)cc1. The molecule has 5 aromatic rings. The first-order valence-corrected chi connectivity index (χ1v) is 10.5. The van der Waals surface area contributed by atoms with Crippen molar-refractivity contribution in [3.05, 3.63) is 78.4 Å². The molecule has 0 saturated carbocycles. The lowest BCUT2D eigenvalue weighted by molar-refractivity contribution is 0.816. The van der Waals surface area contributed by atoms with Gasteiger partial charge in [-0.05, 0) is 41.3 Å². The molecule has 0 aliphatic carbocycles. The Labute approximate surface area is 175 Å². The van der Waals surface area contributed by atoms with Crippen molar-refractivity contribution in [1.82, 2.24) is 20.2 Å². The highest BCUT2D eigenvalue weighted by Crippen LogP contribution is 2.28. The molecular weight excluding hydrogens is 368 g/mol. The van der Waals surface area contributed by atoms with E-state index in [1.165, 1.54) is 29.5 Å². The van der Waals surface area contributed by atoms with E-state index in [0.29, 0.717) is 0 Å². The third-order valence-corrected chi connectivity index (χ3v) is 5.46. The highest BCUT2D eigenvalue weighted by molar-refractivity contribution is 5.93. The molecule has 2 N–H and O–H groups in total. The minimum absolute atomic E-state index is 0.784. The molecule has 0 unspecified atom stereocenters. The number of rotatable bonds is 6. The summed E-state index contributed by atoms with van der Waals surface area (Å²) in [6.45, 7) is 2.22. The minimum atomic E-state index is 0.784. The van der Waals surface area contributed by atoms with Gasteiger partial charge < -0.3 is 4.98 Å². The van der Waals surface area contributed by atoms with E-state index in [1.54, 1.807) is 0 Å². The largest absolute Gasteiger partial charge is 0.337 e. The maximum absolute atomic E-state index is 4.76. The Morgan fingerprint density at radius 3 is 2.60 bits per heavy atom. The zero-order valence-electron chi connectivity index (χ0n) is 17.0. The first-order valence-electron chi connectivity index (χ1n) is 10.5. The molecule has 4 heteroatoms. The van der Waals surface area contributed by atoms with Gasteiger partial charge in [0.15, 0.2) is 5.82 Å². The molecule has 0 fully saturated rings. The first kappa shape index (κ1) is 18.4. The van der Waals surface area contributed by atoms with Crippen LogP contribution in [0.1, 0.15) is 31.7 Å². The van der Waals surface area contributed by atoms with Gasteiger partial charge in [-0.2, -0.15) is 5.10 Å². The summed E-state index contributed by atoms with van der Waals surface area (Å²) in [6.07, 6.45) is 8.09. The van der Waals surface area contributed by atoms with E-state index in [0.717, 1.165) is 39.9 Å². The second kappa shape index (κ2) is 7.99. The Hall–Kier alpha value is -3.66. The van der Waals surface area contributed by atoms with E-state index in [2.05, 4.69) is 82.8 Å². The molecule has 0 bridgehead atoms. The smallest absolute Gasteiger partial charge is 0.159 e. The van der Waals surface area contributed by atoms with E-state index in [-0.39, 0.29) is 0 Å². The number of nitrogens with one attached hydrogen (secondary N) is 2. The van der Waals surface area contributed by atoms with Gasteiger partial charge in [-0.15, -0.1) is 0 Å². The summed E-state index contributed by atoms with van der Waals surface area (Å²) in [5.41, 5.74) is 7.43. The summed E-state index contributed by atoms with van der Waals surface area (Å²) in [7, 11) is 0. The molecule has 5 rings (SSSR count). The van der Waals surface area contributed by atoms with Gasteiger partial charge in [-0.3, -0.25) is 5.10 Å². The number of nitrogens with zero attached hydrogens (tertiary/aromatic N) is 2. The second-order valence-corrected chi connectivity index (χ2v) is 7.60. The van der Waals surface area contributed by atoms with Crippen molar-refractivity contribution >= 4 is 28.0 Å². The predicted octanol–water partition coefficient (Wildman–Crippen LogP) is 6.98. The third-order valence-electron chi connectivity index (χ3n) is 5.46. The summed E-state index contributed by atoms with van der Waals surface area (Å²) in [5, 5.41) is 8.61. The van der Waals surface area contributed by atoms with Gasteiger partial charge in [-0.1, -0.05) is 80.4 Å². The number of benzene rings is 3. The lowest BCUT2D eigenvalue weighted by atomic mass is 10.0. The van der Waals surface area contributed by atoms with Crippen molar-refractivity contribution in [3.63, 3.8) is 0 Å². The van der Waals surface area contributed by atoms with Crippen LogP contribution in [0.2, 0.25) is 0 Å². The molecule has 2 heterocycles. The van der Waals surface area contributed by atoms with Crippen LogP contribution >= 0.6 is 0 Å². The number of imidazole rings is 1. The van der Waals surface area contributed by atoms with Crippen LogP contribution in [0, 0.1) is 0 Å². The van der Waals surface area contributed by atoms with Crippen LogP contribution in [-0.2, 0) is 0 Å². The van der Waals surface area contributed by atoms with E-state index in [4.69, 9.17) is 4.98 Å². The third kappa shape index (κ3) is 3.52. The first-order chi connectivity index (χ1) is 14.8. The lowest BCUT2D eigenvalue weighted by Gasteiger charge is -2.02. The van der Waals surface area contributed by atoms with Crippen molar-refractivity contribution in [2.24, 2.45) is 0 Å². The summed E-state index contributed by atoms with van der Waals surface area (Å²) < 4.78 is 0. The molecule has 0 aliphatic rings. The number of allylic oxidation sites excluding steroid dienone is 1. The lowest BCUT2D eigenvalue weighted by Crippen LogP contribution is -1.81. The summed E-state index contributed by atoms with van der Waals surface area (Å²) in [5.74, 6) is 0.784.